The van der Waals surface area contributed by atoms with Crippen molar-refractivity contribution < 1.29 is 19.0 Å². The van der Waals surface area contributed by atoms with Crippen LogP contribution in [0.3, 0.4) is 0 Å². The van der Waals surface area contributed by atoms with E-state index in [1.165, 1.54) is 0 Å². The average Bonchev–Trinajstić information content (AvgIpc) is 1.39. The number of hydrogen-bond acceptors (Lipinski definition) is 3. The third-order valence-electron chi connectivity index (χ3n) is 0. The molecule has 0 radical (unpaired) electrons. The second-order valence-corrected chi connectivity index (χ2v) is 0.520. The lowest BCUT2D eigenvalue weighted by atomic mass is 10.9. The first kappa shape index (κ1) is 15.9. The molecule has 0 heterocycles. The van der Waals surface area contributed by atoms with E-state index in [0.717, 1.165) is 0 Å². The van der Waals surface area contributed by atoms with Crippen LogP contribution in [-0.2, 0) is 11.6 Å². The van der Waals surface area contributed by atoms with E-state index in [2.05, 4.69) is 0 Å². The Morgan fingerprint density at radius 2 is 1.57 bits per heavy atom. The Morgan fingerprint density at radius 3 is 1.57 bits per heavy atom. The Morgan fingerprint density at radius 1 is 1.57 bits per heavy atom. The van der Waals surface area contributed by atoms with E-state index in [1.54, 1.807) is 6.92 Å². The first-order chi connectivity index (χ1) is 2.83. The lowest BCUT2D eigenvalue weighted by molar-refractivity contribution is 0.318. The number of hydrogen-bond donors (Lipinski definition) is 1. The Balaban J connectivity index is -0.0000000400. The van der Waals surface area contributed by atoms with Crippen molar-refractivity contribution in [2.24, 2.45) is 0 Å². The summed E-state index contributed by atoms with van der Waals surface area (Å²) < 4.78 is 16.6. The molecule has 0 aliphatic carbocycles. The average molecular weight is 128 g/mol. The normalized spacial score (nSPS) is 4.29. The van der Waals surface area contributed by atoms with Gasteiger partial charge in [0, 0.05) is 6.61 Å². The fourth-order valence-corrected chi connectivity index (χ4v) is 0. The molecule has 0 amide bonds. The van der Waals surface area contributed by atoms with Gasteiger partial charge in [-0.3, -0.25) is 0 Å². The summed E-state index contributed by atoms with van der Waals surface area (Å²) in [6.07, 6.45) is 0. The lowest BCUT2D eigenvalue weighted by Crippen LogP contribution is -1.57. The van der Waals surface area contributed by atoms with Gasteiger partial charge in [-0.05, 0) is 6.92 Å². The monoisotopic (exact) mass is 128 g/mol. The van der Waals surface area contributed by atoms with Gasteiger partial charge >= 0.3 is 11.6 Å². The van der Waals surface area contributed by atoms with Crippen molar-refractivity contribution in [1.29, 1.82) is 0 Å². The molecule has 4 nitrogen and oxygen atoms in total. The van der Waals surface area contributed by atoms with Gasteiger partial charge in [-0.2, -0.15) is 8.42 Å². The van der Waals surface area contributed by atoms with E-state index in [1.807, 2.05) is 0 Å². The van der Waals surface area contributed by atoms with Crippen LogP contribution >= 0.6 is 0 Å². The molecule has 46 valence electrons. The highest BCUT2D eigenvalue weighted by Gasteiger charge is 1.34. The van der Waals surface area contributed by atoms with Crippen molar-refractivity contribution >= 4 is 11.6 Å². The Bertz CT molecular complexity index is 39.0. The molecule has 0 aromatic rings. The second-order valence-electron chi connectivity index (χ2n) is 0.384. The Kier molecular flexibility index (Phi) is 96.6. The van der Waals surface area contributed by atoms with Gasteiger partial charge in [0.05, 0.1) is 0 Å². The highest BCUT2D eigenvalue weighted by Crippen LogP contribution is 1.30. The van der Waals surface area contributed by atoms with E-state index in [-0.39, 0.29) is 12.1 Å². The molecule has 5 heteroatoms. The summed E-state index contributed by atoms with van der Waals surface area (Å²) in [7, 11) is 0. The fraction of sp³-hybridized carbons (Fsp3) is 1.00. The number of rotatable bonds is 0. The second kappa shape index (κ2) is 42.6. The van der Waals surface area contributed by atoms with Crippen LogP contribution in [0.5, 0.6) is 0 Å². The van der Waals surface area contributed by atoms with Gasteiger partial charge in [0.2, 0.25) is 0 Å². The highest BCUT2D eigenvalue weighted by molar-refractivity contribution is 7.51. The van der Waals surface area contributed by atoms with E-state index in [4.69, 9.17) is 13.5 Å². The third-order valence-corrected chi connectivity index (χ3v) is 0. The maximum atomic E-state index is 8.29. The molecule has 0 aromatic heterocycles. The number of aliphatic hydroxyl groups excluding tert-OH is 1. The van der Waals surface area contributed by atoms with Gasteiger partial charge < -0.3 is 10.6 Å². The van der Waals surface area contributed by atoms with Gasteiger partial charge in [-0.15, -0.1) is 0 Å². The minimum absolute atomic E-state index is 0. The van der Waals surface area contributed by atoms with E-state index in [9.17, 15) is 0 Å². The first-order valence-corrected chi connectivity index (χ1v) is 2.02. The van der Waals surface area contributed by atoms with Crippen molar-refractivity contribution in [2.45, 2.75) is 6.92 Å². The molecule has 0 rings (SSSR count). The molecule has 7 heavy (non-hydrogen) atoms. The van der Waals surface area contributed by atoms with Crippen LogP contribution in [0.15, 0.2) is 0 Å². The zero-order valence-electron chi connectivity index (χ0n) is 3.88. The predicted molar refractivity (Wildman–Crippen MR) is 25.3 cm³/mol. The van der Waals surface area contributed by atoms with Crippen LogP contribution < -0.4 is 0 Å². The summed E-state index contributed by atoms with van der Waals surface area (Å²) in [5, 5.41) is 7.57. The molecular weight excluding hydrogens is 120 g/mol. The summed E-state index contributed by atoms with van der Waals surface area (Å²) >= 11 is -0.750. The summed E-state index contributed by atoms with van der Waals surface area (Å²) in [6.45, 7) is 1.93. The van der Waals surface area contributed by atoms with Crippen molar-refractivity contribution in [3.63, 3.8) is 0 Å². The molecule has 0 saturated carbocycles. The van der Waals surface area contributed by atoms with E-state index < -0.39 is 11.6 Å². The zero-order chi connectivity index (χ0) is 5.41. The smallest absolute Gasteiger partial charge is 0.335 e. The predicted octanol–water partition coefficient (Wildman–Crippen LogP) is -1.50. The van der Waals surface area contributed by atoms with Gasteiger partial charge in [0.25, 0.3) is 0 Å². The summed E-state index contributed by atoms with van der Waals surface area (Å²) in [6, 6.07) is 0. The van der Waals surface area contributed by atoms with Gasteiger partial charge in [-0.1, -0.05) is 0 Å². The van der Waals surface area contributed by atoms with Crippen LogP contribution in [0.2, 0.25) is 0 Å². The van der Waals surface area contributed by atoms with E-state index in [0.29, 0.717) is 0 Å². The van der Waals surface area contributed by atoms with Crippen LogP contribution in [0.4, 0.5) is 0 Å². The quantitative estimate of drug-likeness (QED) is 0.431. The molecule has 3 N–H and O–H groups in total. The Hall–Kier alpha value is -0.260. The van der Waals surface area contributed by atoms with Crippen LogP contribution in [0.1, 0.15) is 6.92 Å². The Labute approximate surface area is 45.1 Å². The first-order valence-electron chi connectivity index (χ1n) is 1.36. The van der Waals surface area contributed by atoms with Crippen LogP contribution in [0, 0.1) is 0 Å². The molecule has 0 unspecified atom stereocenters. The topological polar surface area (TPSA) is 85.9 Å². The van der Waals surface area contributed by atoms with Gasteiger partial charge in [-0.25, -0.2) is 0 Å². The maximum absolute atomic E-state index is 8.29. The molecular formula is C2H8O4S. The zero-order valence-corrected chi connectivity index (χ0v) is 4.70. The van der Waals surface area contributed by atoms with Crippen LogP contribution in [0.25, 0.3) is 0 Å². The minimum atomic E-state index is -0.750. The molecule has 0 aliphatic heterocycles. The SMILES string of the molecule is CCO.O.O=S=O. The summed E-state index contributed by atoms with van der Waals surface area (Å²) in [4.78, 5) is 0. The highest BCUT2D eigenvalue weighted by atomic mass is 32.1. The third kappa shape index (κ3) is 1190. The van der Waals surface area contributed by atoms with Crippen molar-refractivity contribution in [3.05, 3.63) is 0 Å². The largest absolute Gasteiger partial charge is 0.412 e. The molecule has 0 atom stereocenters. The van der Waals surface area contributed by atoms with Crippen LogP contribution in [-0.4, -0.2) is 25.6 Å². The fourth-order valence-electron chi connectivity index (χ4n) is 0. The summed E-state index contributed by atoms with van der Waals surface area (Å²) in [5.41, 5.74) is 0. The molecule has 0 aliphatic rings. The van der Waals surface area contributed by atoms with Crippen molar-refractivity contribution in [3.8, 4) is 0 Å². The van der Waals surface area contributed by atoms with Gasteiger partial charge in [0.15, 0.2) is 0 Å². The molecule has 0 aromatic carbocycles. The van der Waals surface area contributed by atoms with Crippen molar-refractivity contribution in [2.75, 3.05) is 6.61 Å². The van der Waals surface area contributed by atoms with E-state index >= 15 is 0 Å². The molecule has 0 fully saturated rings. The minimum Gasteiger partial charge on any atom is -0.412 e. The summed E-state index contributed by atoms with van der Waals surface area (Å²) in [5.74, 6) is 0. The lowest BCUT2D eigenvalue weighted by Gasteiger charge is -1.52. The molecule has 0 spiro atoms. The molecule has 0 saturated heterocycles. The number of aliphatic hydroxyl groups is 1. The molecule has 0 bridgehead atoms. The van der Waals surface area contributed by atoms with Gasteiger partial charge in [0.1, 0.15) is 0 Å². The maximum Gasteiger partial charge on any atom is 0.335 e. The van der Waals surface area contributed by atoms with Crippen molar-refractivity contribution in [1.82, 2.24) is 0 Å². The standard InChI is InChI=1S/C2H6O.O2S.H2O/c1-2-3;1-3-2;/h3H,2H2,1H3;;1H2.